The minimum Gasteiger partial charge on any atom is -0.444 e. The van der Waals surface area contributed by atoms with E-state index < -0.39 is 13.9 Å². The van der Waals surface area contributed by atoms with Gasteiger partial charge < -0.3 is 19.0 Å². The van der Waals surface area contributed by atoms with Gasteiger partial charge in [-0.05, 0) is 36.2 Å². The Morgan fingerprint density at radius 3 is 1.94 bits per heavy atom. The molecule has 7 heteroatoms. The van der Waals surface area contributed by atoms with Gasteiger partial charge in [0.1, 0.15) is 5.60 Å². The van der Waals surface area contributed by atoms with E-state index in [2.05, 4.69) is 69.3 Å². The summed E-state index contributed by atoms with van der Waals surface area (Å²) in [4.78, 5) is 28.6. The number of carbonyl (C=O) groups is 2. The van der Waals surface area contributed by atoms with Crippen molar-refractivity contribution >= 4 is 30.7 Å². The Balaban J connectivity index is 1.80. The summed E-state index contributed by atoms with van der Waals surface area (Å²) in [6, 6.07) is 21.0. The maximum Gasteiger partial charge on any atom is 0.410 e. The van der Waals surface area contributed by atoms with Crippen LogP contribution >= 0.6 is 0 Å². The minimum absolute atomic E-state index is 0.0607. The largest absolute Gasteiger partial charge is 0.444 e. The van der Waals surface area contributed by atoms with Gasteiger partial charge in [-0.3, -0.25) is 4.79 Å². The van der Waals surface area contributed by atoms with Gasteiger partial charge in [0.2, 0.25) is 5.91 Å². The summed E-state index contributed by atoms with van der Waals surface area (Å²) in [7, 11) is -1.03. The molecule has 0 N–H and O–H groups in total. The van der Waals surface area contributed by atoms with E-state index in [1.54, 1.807) is 7.05 Å². The summed E-state index contributed by atoms with van der Waals surface area (Å²) in [5.74, 6) is 0.0607. The molecule has 0 saturated carbocycles. The molecule has 1 atom stereocenters. The van der Waals surface area contributed by atoms with E-state index in [1.807, 2.05) is 37.8 Å². The second-order valence-electron chi connectivity index (χ2n) is 11.3. The van der Waals surface area contributed by atoms with Crippen LogP contribution in [0.25, 0.3) is 0 Å². The van der Waals surface area contributed by atoms with E-state index in [1.165, 1.54) is 15.3 Å². The third-order valence-corrected chi connectivity index (χ3v) is 11.4. The summed E-state index contributed by atoms with van der Waals surface area (Å²) in [6.45, 7) is 13.6. The number of rotatable bonds is 7. The first-order valence-electron chi connectivity index (χ1n) is 12.3. The number of hydrogen-bond donors (Lipinski definition) is 0. The number of likely N-dealkylation sites (tertiary alicyclic amines) is 1. The first-order valence-corrected chi connectivity index (χ1v) is 14.2. The van der Waals surface area contributed by atoms with Crippen LogP contribution in [-0.2, 0) is 14.0 Å². The second kappa shape index (κ2) is 10.5. The average Bonchev–Trinajstić information content (AvgIpc) is 3.13. The molecular weight excluding hydrogens is 456 g/mol. The highest BCUT2D eigenvalue weighted by Gasteiger charge is 2.52. The SMILES string of the molecule is CN(CCN1C[C@@H](O[Si](c2ccccc2)(c2ccccc2)C(C)(C)C)CC1=O)C(=O)OC(C)(C)C. The maximum absolute atomic E-state index is 12.9. The maximum atomic E-state index is 12.9. The summed E-state index contributed by atoms with van der Waals surface area (Å²) < 4.78 is 12.6. The minimum atomic E-state index is -2.73. The highest BCUT2D eigenvalue weighted by Crippen LogP contribution is 2.38. The van der Waals surface area contributed by atoms with Crippen LogP contribution in [0.1, 0.15) is 48.0 Å². The van der Waals surface area contributed by atoms with Crippen molar-refractivity contribution in [3.05, 3.63) is 60.7 Å². The van der Waals surface area contributed by atoms with Crippen molar-refractivity contribution in [2.75, 3.05) is 26.7 Å². The van der Waals surface area contributed by atoms with E-state index in [4.69, 9.17) is 9.16 Å². The van der Waals surface area contributed by atoms with Gasteiger partial charge in [0.15, 0.2) is 0 Å². The summed E-state index contributed by atoms with van der Waals surface area (Å²) >= 11 is 0. The highest BCUT2D eigenvalue weighted by molar-refractivity contribution is 6.99. The summed E-state index contributed by atoms with van der Waals surface area (Å²) in [5.41, 5.74) is -0.552. The molecule has 190 valence electrons. The van der Waals surface area contributed by atoms with Crippen molar-refractivity contribution in [3.63, 3.8) is 0 Å². The first kappa shape index (κ1) is 27.0. The van der Waals surface area contributed by atoms with Crippen molar-refractivity contribution in [2.45, 2.75) is 64.7 Å². The molecule has 1 saturated heterocycles. The van der Waals surface area contributed by atoms with Crippen LogP contribution in [0.3, 0.4) is 0 Å². The van der Waals surface area contributed by atoms with Gasteiger partial charge in [-0.25, -0.2) is 4.79 Å². The van der Waals surface area contributed by atoms with Crippen molar-refractivity contribution in [2.24, 2.45) is 0 Å². The lowest BCUT2D eigenvalue weighted by Gasteiger charge is -2.44. The van der Waals surface area contributed by atoms with E-state index in [-0.39, 0.29) is 23.1 Å². The topological polar surface area (TPSA) is 59.1 Å². The molecule has 2 aromatic carbocycles. The normalized spacial score (nSPS) is 16.9. The van der Waals surface area contributed by atoms with Gasteiger partial charge in [0, 0.05) is 26.7 Å². The fourth-order valence-corrected chi connectivity index (χ4v) is 9.35. The van der Waals surface area contributed by atoms with E-state index in [0.717, 1.165) is 0 Å². The van der Waals surface area contributed by atoms with Crippen LogP contribution in [0.4, 0.5) is 4.79 Å². The number of carbonyl (C=O) groups excluding carboxylic acids is 2. The molecule has 6 nitrogen and oxygen atoms in total. The quantitative estimate of drug-likeness (QED) is 0.543. The van der Waals surface area contributed by atoms with Crippen LogP contribution in [0.5, 0.6) is 0 Å². The molecule has 3 rings (SSSR count). The fraction of sp³-hybridized carbons (Fsp3) is 0.500. The lowest BCUT2D eigenvalue weighted by Crippen LogP contribution is -2.67. The molecule has 35 heavy (non-hydrogen) atoms. The smallest absolute Gasteiger partial charge is 0.410 e. The van der Waals surface area contributed by atoms with Gasteiger partial charge in [-0.2, -0.15) is 0 Å². The lowest BCUT2D eigenvalue weighted by molar-refractivity contribution is -0.127. The number of nitrogens with zero attached hydrogens (tertiary/aromatic N) is 2. The molecule has 0 unspecified atom stereocenters. The molecule has 1 aliphatic rings. The molecule has 0 spiro atoms. The average molecular weight is 497 g/mol. The molecule has 2 amide bonds. The van der Waals surface area contributed by atoms with E-state index >= 15 is 0 Å². The molecule has 0 radical (unpaired) electrons. The Labute approximate surface area is 211 Å². The number of ether oxygens (including phenoxy) is 1. The number of hydrogen-bond acceptors (Lipinski definition) is 4. The van der Waals surface area contributed by atoms with Crippen LogP contribution in [-0.4, -0.2) is 68.5 Å². The molecule has 2 aromatic rings. The predicted octanol–water partition coefficient (Wildman–Crippen LogP) is 4.03. The van der Waals surface area contributed by atoms with Gasteiger partial charge in [-0.1, -0.05) is 81.4 Å². The molecule has 0 aromatic heterocycles. The molecule has 1 fully saturated rings. The Morgan fingerprint density at radius 1 is 0.971 bits per heavy atom. The molecule has 1 heterocycles. The van der Waals surface area contributed by atoms with Gasteiger partial charge in [0.05, 0.1) is 12.5 Å². The second-order valence-corrected chi connectivity index (χ2v) is 15.6. The van der Waals surface area contributed by atoms with Gasteiger partial charge >= 0.3 is 6.09 Å². The highest BCUT2D eigenvalue weighted by atomic mass is 28.4. The lowest BCUT2D eigenvalue weighted by atomic mass is 10.2. The number of benzene rings is 2. The van der Waals surface area contributed by atoms with Crippen LogP contribution in [0.15, 0.2) is 60.7 Å². The zero-order chi connectivity index (χ0) is 25.9. The zero-order valence-electron chi connectivity index (χ0n) is 22.2. The summed E-state index contributed by atoms with van der Waals surface area (Å²) in [6.07, 6.45) is -0.245. The van der Waals surface area contributed by atoms with Crippen LogP contribution < -0.4 is 10.4 Å². The Morgan fingerprint density at radius 2 is 1.49 bits per heavy atom. The van der Waals surface area contributed by atoms with E-state index in [9.17, 15) is 9.59 Å². The predicted molar refractivity (Wildman–Crippen MR) is 143 cm³/mol. The summed E-state index contributed by atoms with van der Waals surface area (Å²) in [5, 5.41) is 2.26. The first-order chi connectivity index (χ1) is 16.3. The van der Waals surface area contributed by atoms with Crippen LogP contribution in [0.2, 0.25) is 5.04 Å². The van der Waals surface area contributed by atoms with Gasteiger partial charge in [0.25, 0.3) is 8.32 Å². The van der Waals surface area contributed by atoms with Gasteiger partial charge in [-0.15, -0.1) is 0 Å². The van der Waals surface area contributed by atoms with Crippen molar-refractivity contribution in [1.29, 1.82) is 0 Å². The third-order valence-electron chi connectivity index (χ3n) is 6.35. The standard InChI is InChI=1S/C28H40N2O4Si/c1-27(2,3)33-26(32)29(7)18-19-30-21-22(20-25(30)31)34-35(28(4,5)6,23-14-10-8-11-15-23)24-16-12-9-13-17-24/h8-17,22H,18-21H2,1-7H3/t22-/m0/s1. The van der Waals surface area contributed by atoms with E-state index in [0.29, 0.717) is 26.1 Å². The van der Waals surface area contributed by atoms with Crippen LogP contribution in [0, 0.1) is 0 Å². The monoisotopic (exact) mass is 496 g/mol. The number of amides is 2. The molecular formula is C28H40N2O4Si. The third kappa shape index (κ3) is 6.33. The Bertz CT molecular complexity index is 960. The molecule has 1 aliphatic heterocycles. The molecule has 0 aliphatic carbocycles. The Hall–Kier alpha value is -2.64. The molecule has 0 bridgehead atoms. The number of likely N-dealkylation sites (N-methyl/N-ethyl adjacent to an activating group) is 1. The zero-order valence-corrected chi connectivity index (χ0v) is 23.2. The van der Waals surface area contributed by atoms with Crippen molar-refractivity contribution in [1.82, 2.24) is 9.80 Å². The fourth-order valence-electron chi connectivity index (χ4n) is 4.67. The Kier molecular flexibility index (Phi) is 8.12. The van der Waals surface area contributed by atoms with Crippen molar-refractivity contribution < 1.29 is 18.8 Å². The van der Waals surface area contributed by atoms with Crippen molar-refractivity contribution in [3.8, 4) is 0 Å².